The standard InChI is InChI=1S/C15H27N3/c1-4-9-16-10-13-11-17-18(15(13)12(2)3)14-7-5-6-8-14/h11-12,14,16H,4-10H2,1-3H3. The molecule has 1 aliphatic carbocycles. The summed E-state index contributed by atoms with van der Waals surface area (Å²) in [7, 11) is 0. The predicted molar refractivity (Wildman–Crippen MR) is 75.8 cm³/mol. The van der Waals surface area contributed by atoms with E-state index in [4.69, 9.17) is 0 Å². The minimum atomic E-state index is 0.562. The van der Waals surface area contributed by atoms with Crippen molar-refractivity contribution >= 4 is 0 Å². The summed E-state index contributed by atoms with van der Waals surface area (Å²) in [5.41, 5.74) is 2.84. The molecule has 0 amide bonds. The van der Waals surface area contributed by atoms with Crippen molar-refractivity contribution < 1.29 is 0 Å². The van der Waals surface area contributed by atoms with Crippen LogP contribution in [0.5, 0.6) is 0 Å². The van der Waals surface area contributed by atoms with E-state index in [1.54, 1.807) is 0 Å². The fourth-order valence-electron chi connectivity index (χ4n) is 3.02. The second-order valence-corrected chi connectivity index (χ2v) is 5.77. The minimum absolute atomic E-state index is 0.562. The molecule has 3 nitrogen and oxygen atoms in total. The average molecular weight is 249 g/mol. The molecule has 102 valence electrons. The molecule has 18 heavy (non-hydrogen) atoms. The number of hydrogen-bond donors (Lipinski definition) is 1. The lowest BCUT2D eigenvalue weighted by molar-refractivity contribution is 0.440. The van der Waals surface area contributed by atoms with Gasteiger partial charge in [-0.05, 0) is 31.7 Å². The molecule has 3 heteroatoms. The maximum atomic E-state index is 4.67. The second-order valence-electron chi connectivity index (χ2n) is 5.77. The van der Waals surface area contributed by atoms with E-state index in [-0.39, 0.29) is 0 Å². The molecule has 0 saturated heterocycles. The van der Waals surface area contributed by atoms with Crippen LogP contribution in [0.2, 0.25) is 0 Å². The van der Waals surface area contributed by atoms with E-state index in [1.165, 1.54) is 43.4 Å². The molecule has 0 radical (unpaired) electrons. The Morgan fingerprint density at radius 2 is 2.11 bits per heavy atom. The summed E-state index contributed by atoms with van der Waals surface area (Å²) < 4.78 is 2.32. The van der Waals surface area contributed by atoms with Crippen LogP contribution < -0.4 is 5.32 Å². The Morgan fingerprint density at radius 3 is 2.72 bits per heavy atom. The van der Waals surface area contributed by atoms with Gasteiger partial charge in [0.2, 0.25) is 0 Å². The molecule has 2 rings (SSSR count). The third kappa shape index (κ3) is 2.94. The lowest BCUT2D eigenvalue weighted by Gasteiger charge is -2.18. The number of nitrogens with one attached hydrogen (secondary N) is 1. The molecular formula is C15H27N3. The highest BCUT2D eigenvalue weighted by Crippen LogP contribution is 2.33. The Kier molecular flexibility index (Phi) is 4.81. The first-order valence-corrected chi connectivity index (χ1v) is 7.51. The lowest BCUT2D eigenvalue weighted by Crippen LogP contribution is -2.17. The average Bonchev–Trinajstić information content (AvgIpc) is 2.97. The predicted octanol–water partition coefficient (Wildman–Crippen LogP) is 3.62. The third-order valence-electron chi connectivity index (χ3n) is 3.87. The first-order chi connectivity index (χ1) is 8.74. The molecule has 0 spiro atoms. The van der Waals surface area contributed by atoms with Crippen molar-refractivity contribution in [3.8, 4) is 0 Å². The van der Waals surface area contributed by atoms with Crippen LogP contribution in [0.15, 0.2) is 6.20 Å². The van der Waals surface area contributed by atoms with Crippen LogP contribution in [0.4, 0.5) is 0 Å². The first-order valence-electron chi connectivity index (χ1n) is 7.51. The highest BCUT2D eigenvalue weighted by atomic mass is 15.3. The van der Waals surface area contributed by atoms with E-state index in [1.807, 2.05) is 0 Å². The Bertz CT molecular complexity index is 362. The molecule has 1 aromatic heterocycles. The van der Waals surface area contributed by atoms with E-state index in [0.717, 1.165) is 13.1 Å². The molecule has 0 atom stereocenters. The van der Waals surface area contributed by atoms with Gasteiger partial charge in [-0.3, -0.25) is 4.68 Å². The van der Waals surface area contributed by atoms with Gasteiger partial charge in [0.1, 0.15) is 0 Å². The maximum Gasteiger partial charge on any atom is 0.0537 e. The number of aromatic nitrogens is 2. The highest BCUT2D eigenvalue weighted by Gasteiger charge is 2.23. The Balaban J connectivity index is 2.14. The molecule has 0 unspecified atom stereocenters. The van der Waals surface area contributed by atoms with Gasteiger partial charge in [-0.15, -0.1) is 0 Å². The monoisotopic (exact) mass is 249 g/mol. The fraction of sp³-hybridized carbons (Fsp3) is 0.800. The van der Waals surface area contributed by atoms with Crippen LogP contribution in [0, 0.1) is 0 Å². The number of nitrogens with zero attached hydrogens (tertiary/aromatic N) is 2. The molecule has 1 heterocycles. The summed E-state index contributed by atoms with van der Waals surface area (Å²) in [6.45, 7) is 8.83. The van der Waals surface area contributed by atoms with E-state index in [2.05, 4.69) is 42.1 Å². The quantitative estimate of drug-likeness (QED) is 0.780. The van der Waals surface area contributed by atoms with Gasteiger partial charge in [0.15, 0.2) is 0 Å². The van der Waals surface area contributed by atoms with Crippen LogP contribution in [0.25, 0.3) is 0 Å². The molecule has 0 aliphatic heterocycles. The highest BCUT2D eigenvalue weighted by molar-refractivity contribution is 5.21. The van der Waals surface area contributed by atoms with Gasteiger partial charge in [-0.25, -0.2) is 0 Å². The molecule has 0 bridgehead atoms. The van der Waals surface area contributed by atoms with Gasteiger partial charge in [0.25, 0.3) is 0 Å². The summed E-state index contributed by atoms with van der Waals surface area (Å²) in [4.78, 5) is 0. The van der Waals surface area contributed by atoms with Gasteiger partial charge in [-0.2, -0.15) is 5.10 Å². The van der Waals surface area contributed by atoms with E-state index < -0.39 is 0 Å². The maximum absolute atomic E-state index is 4.67. The SMILES string of the molecule is CCCNCc1cnn(C2CCCC2)c1C(C)C. The van der Waals surface area contributed by atoms with Crippen LogP contribution in [-0.2, 0) is 6.54 Å². The number of rotatable bonds is 6. The van der Waals surface area contributed by atoms with E-state index in [0.29, 0.717) is 12.0 Å². The molecule has 1 fully saturated rings. The summed E-state index contributed by atoms with van der Waals surface area (Å²) >= 11 is 0. The van der Waals surface area contributed by atoms with Gasteiger partial charge >= 0.3 is 0 Å². The third-order valence-corrected chi connectivity index (χ3v) is 3.87. The van der Waals surface area contributed by atoms with Gasteiger partial charge < -0.3 is 5.32 Å². The van der Waals surface area contributed by atoms with Gasteiger partial charge in [0.05, 0.1) is 12.2 Å². The summed E-state index contributed by atoms with van der Waals surface area (Å²) in [6.07, 6.45) is 8.62. The Morgan fingerprint density at radius 1 is 1.39 bits per heavy atom. The van der Waals surface area contributed by atoms with Crippen molar-refractivity contribution in [1.29, 1.82) is 0 Å². The van der Waals surface area contributed by atoms with Crippen molar-refractivity contribution in [1.82, 2.24) is 15.1 Å². The topological polar surface area (TPSA) is 29.9 Å². The van der Waals surface area contributed by atoms with Crippen molar-refractivity contribution in [2.45, 2.75) is 71.4 Å². The van der Waals surface area contributed by atoms with Crippen molar-refractivity contribution in [3.05, 3.63) is 17.5 Å². The molecule has 1 N–H and O–H groups in total. The fourth-order valence-corrected chi connectivity index (χ4v) is 3.02. The number of hydrogen-bond acceptors (Lipinski definition) is 2. The Hall–Kier alpha value is -0.830. The normalized spacial score (nSPS) is 16.9. The zero-order valence-corrected chi connectivity index (χ0v) is 12.1. The summed E-state index contributed by atoms with van der Waals surface area (Å²) in [6, 6.07) is 0.655. The first kappa shape index (κ1) is 13.6. The molecule has 1 aliphatic rings. The molecule has 1 aromatic rings. The minimum Gasteiger partial charge on any atom is -0.313 e. The summed E-state index contributed by atoms with van der Waals surface area (Å²) in [5, 5.41) is 8.17. The smallest absolute Gasteiger partial charge is 0.0537 e. The van der Waals surface area contributed by atoms with Crippen molar-refractivity contribution in [2.75, 3.05) is 6.54 Å². The Labute approximate surface area is 111 Å². The summed E-state index contributed by atoms with van der Waals surface area (Å²) in [5.74, 6) is 0.562. The van der Waals surface area contributed by atoms with Crippen molar-refractivity contribution in [3.63, 3.8) is 0 Å². The van der Waals surface area contributed by atoms with E-state index >= 15 is 0 Å². The molecule has 0 aromatic carbocycles. The molecule has 1 saturated carbocycles. The van der Waals surface area contributed by atoms with Gasteiger partial charge in [0, 0.05) is 17.8 Å². The van der Waals surface area contributed by atoms with Crippen molar-refractivity contribution in [2.24, 2.45) is 0 Å². The second kappa shape index (κ2) is 6.37. The lowest BCUT2D eigenvalue weighted by atomic mass is 10.0. The van der Waals surface area contributed by atoms with Gasteiger partial charge in [-0.1, -0.05) is 33.6 Å². The molecular weight excluding hydrogens is 222 g/mol. The zero-order valence-electron chi connectivity index (χ0n) is 12.1. The van der Waals surface area contributed by atoms with Crippen LogP contribution in [0.3, 0.4) is 0 Å². The van der Waals surface area contributed by atoms with Crippen LogP contribution >= 0.6 is 0 Å². The largest absolute Gasteiger partial charge is 0.313 e. The zero-order chi connectivity index (χ0) is 13.0. The van der Waals surface area contributed by atoms with E-state index in [9.17, 15) is 0 Å². The van der Waals surface area contributed by atoms with Crippen LogP contribution in [0.1, 0.15) is 76.1 Å². The van der Waals surface area contributed by atoms with Crippen LogP contribution in [-0.4, -0.2) is 16.3 Å².